The second kappa shape index (κ2) is 6.70. The molecule has 126 valence electrons. The van der Waals surface area contributed by atoms with Crippen LogP contribution in [-0.2, 0) is 12.4 Å². The van der Waals surface area contributed by atoms with Crippen molar-refractivity contribution in [3.63, 3.8) is 0 Å². The second-order valence-corrected chi connectivity index (χ2v) is 6.39. The summed E-state index contributed by atoms with van der Waals surface area (Å²) in [4.78, 5) is 19.1. The van der Waals surface area contributed by atoms with Crippen molar-refractivity contribution in [2.24, 2.45) is 0 Å². The normalized spacial score (nSPS) is 11.3. The molecule has 0 radical (unpaired) electrons. The molecule has 0 fully saturated rings. The van der Waals surface area contributed by atoms with E-state index in [1.54, 1.807) is 10.6 Å². The number of nitrogens with zero attached hydrogens (tertiary/aromatic N) is 3. The zero-order valence-electron chi connectivity index (χ0n) is 12.0. The van der Waals surface area contributed by atoms with E-state index < -0.39 is 11.9 Å². The number of halogens is 4. The first-order valence-electron chi connectivity index (χ1n) is 6.78. The number of carbonyl (C=O) groups is 1. The summed E-state index contributed by atoms with van der Waals surface area (Å²) in [5, 5.41) is 11.7. The highest BCUT2D eigenvalue weighted by molar-refractivity contribution is 9.10. The third-order valence-electron chi connectivity index (χ3n) is 3.51. The summed E-state index contributed by atoms with van der Waals surface area (Å²) in [6.07, 6.45) is 0.328. The van der Waals surface area contributed by atoms with Crippen LogP contribution in [0.15, 0.2) is 16.7 Å². The van der Waals surface area contributed by atoms with Gasteiger partial charge in [0, 0.05) is 18.5 Å². The summed E-state index contributed by atoms with van der Waals surface area (Å²) >= 11 is 15.1. The molecule has 0 bridgehead atoms. The van der Waals surface area contributed by atoms with Gasteiger partial charge in [0.25, 0.3) is 0 Å². The van der Waals surface area contributed by atoms with Gasteiger partial charge in [-0.3, -0.25) is 4.98 Å². The van der Waals surface area contributed by atoms with Crippen LogP contribution < -0.4 is 5.32 Å². The van der Waals surface area contributed by atoms with Crippen LogP contribution in [0.2, 0.25) is 5.02 Å². The lowest BCUT2D eigenvalue weighted by molar-refractivity contribution is 0.194. The van der Waals surface area contributed by atoms with Crippen LogP contribution in [0.4, 0.5) is 9.18 Å². The summed E-state index contributed by atoms with van der Waals surface area (Å²) in [5.74, 6) is 0.0894. The van der Waals surface area contributed by atoms with Gasteiger partial charge < -0.3 is 15.0 Å². The number of nitrogens with one attached hydrogen (secondary N) is 1. The Morgan fingerprint density at radius 1 is 1.50 bits per heavy atom. The zero-order valence-corrected chi connectivity index (χ0v) is 15.1. The van der Waals surface area contributed by atoms with E-state index in [0.717, 1.165) is 0 Å². The van der Waals surface area contributed by atoms with Crippen LogP contribution in [0.3, 0.4) is 0 Å². The Balaban J connectivity index is 2.26. The molecule has 10 heteroatoms. The molecule has 0 saturated heterocycles. The average molecular weight is 436 g/mol. The maximum atomic E-state index is 14.4. The van der Waals surface area contributed by atoms with Gasteiger partial charge in [0.1, 0.15) is 16.9 Å². The minimum absolute atomic E-state index is 0.121. The van der Waals surface area contributed by atoms with Crippen molar-refractivity contribution >= 4 is 67.2 Å². The average Bonchev–Trinajstić information content (AvgIpc) is 2.90. The van der Waals surface area contributed by atoms with Crippen molar-refractivity contribution in [3.05, 3.63) is 33.4 Å². The van der Waals surface area contributed by atoms with Gasteiger partial charge >= 0.3 is 6.09 Å². The number of hydrogen-bond acceptors (Lipinski definition) is 3. The highest BCUT2D eigenvalue weighted by Gasteiger charge is 2.18. The minimum Gasteiger partial charge on any atom is -0.465 e. The number of benzene rings is 1. The van der Waals surface area contributed by atoms with Crippen LogP contribution in [0.25, 0.3) is 21.9 Å². The van der Waals surface area contributed by atoms with Gasteiger partial charge in [-0.2, -0.15) is 0 Å². The molecule has 0 aliphatic carbocycles. The number of carboxylic acid groups (broad SMARTS) is 1. The van der Waals surface area contributed by atoms with Crippen LogP contribution in [0.1, 0.15) is 5.82 Å². The summed E-state index contributed by atoms with van der Waals surface area (Å²) in [5.41, 5.74) is 1.29. The molecule has 0 unspecified atom stereocenters. The van der Waals surface area contributed by atoms with Crippen molar-refractivity contribution < 1.29 is 14.3 Å². The fourth-order valence-electron chi connectivity index (χ4n) is 2.53. The monoisotopic (exact) mass is 434 g/mol. The molecule has 0 saturated carbocycles. The van der Waals surface area contributed by atoms with Crippen molar-refractivity contribution in [1.82, 2.24) is 19.9 Å². The molecular formula is C14H10BrCl2FN4O2. The lowest BCUT2D eigenvalue weighted by atomic mass is 10.2. The topological polar surface area (TPSA) is 80.0 Å². The summed E-state index contributed by atoms with van der Waals surface area (Å²) in [6, 6.07) is 1.60. The first-order valence-corrected chi connectivity index (χ1v) is 8.48. The van der Waals surface area contributed by atoms with Gasteiger partial charge in [-0.25, -0.2) is 14.2 Å². The first-order chi connectivity index (χ1) is 11.4. The van der Waals surface area contributed by atoms with E-state index in [4.69, 9.17) is 28.3 Å². The second-order valence-electron chi connectivity index (χ2n) is 4.92. The number of pyridine rings is 1. The Hall–Kier alpha value is -1.64. The molecule has 2 heterocycles. The molecule has 0 aliphatic rings. The van der Waals surface area contributed by atoms with Gasteiger partial charge in [-0.15, -0.1) is 11.6 Å². The molecule has 2 N–H and O–H groups in total. The van der Waals surface area contributed by atoms with Crippen molar-refractivity contribution in [2.75, 3.05) is 6.54 Å². The number of aromatic nitrogens is 3. The number of imidazole rings is 1. The van der Waals surface area contributed by atoms with Crippen LogP contribution in [-0.4, -0.2) is 32.3 Å². The SMILES string of the molecule is O=C(O)NCCn1c(CCl)nc2cnc3c(F)c(Br)c(Cl)cc3c21. The van der Waals surface area contributed by atoms with Gasteiger partial charge in [0.2, 0.25) is 0 Å². The van der Waals surface area contributed by atoms with E-state index in [1.807, 2.05) is 0 Å². The Kier molecular flexibility index (Phi) is 4.80. The minimum atomic E-state index is -1.13. The highest BCUT2D eigenvalue weighted by Crippen LogP contribution is 2.35. The van der Waals surface area contributed by atoms with E-state index in [9.17, 15) is 9.18 Å². The quantitative estimate of drug-likeness (QED) is 0.476. The van der Waals surface area contributed by atoms with Crippen molar-refractivity contribution in [1.29, 1.82) is 0 Å². The van der Waals surface area contributed by atoms with E-state index >= 15 is 0 Å². The highest BCUT2D eigenvalue weighted by atomic mass is 79.9. The van der Waals surface area contributed by atoms with E-state index in [2.05, 4.69) is 31.2 Å². The van der Waals surface area contributed by atoms with Crippen LogP contribution in [0.5, 0.6) is 0 Å². The molecular weight excluding hydrogens is 426 g/mol. The summed E-state index contributed by atoms with van der Waals surface area (Å²) in [6.45, 7) is 0.445. The number of rotatable bonds is 4. The molecule has 0 atom stereocenters. The van der Waals surface area contributed by atoms with Crippen molar-refractivity contribution in [2.45, 2.75) is 12.4 Å². The van der Waals surface area contributed by atoms with Gasteiger partial charge in [-0.1, -0.05) is 11.6 Å². The Morgan fingerprint density at radius 3 is 2.92 bits per heavy atom. The van der Waals surface area contributed by atoms with Crippen molar-refractivity contribution in [3.8, 4) is 0 Å². The van der Waals surface area contributed by atoms with Crippen LogP contribution >= 0.6 is 39.1 Å². The lowest BCUT2D eigenvalue weighted by Crippen LogP contribution is -2.25. The Morgan fingerprint density at radius 2 is 2.25 bits per heavy atom. The fraction of sp³-hybridized carbons (Fsp3) is 0.214. The molecule has 0 spiro atoms. The third kappa shape index (κ3) is 2.89. The lowest BCUT2D eigenvalue weighted by Gasteiger charge is -2.10. The number of alkyl halides is 1. The Labute approximate surface area is 153 Å². The number of hydrogen-bond donors (Lipinski definition) is 2. The smallest absolute Gasteiger partial charge is 0.404 e. The standard InChI is InChI=1S/C14H10BrCl2FN4O2/c15-10-7(17)3-6-12(11(10)18)20-5-8-13(6)22(9(4-16)21-8)2-1-19-14(23)24/h3,5,19H,1-2,4H2,(H,23,24). The molecule has 3 rings (SSSR count). The van der Waals surface area contributed by atoms with Gasteiger partial charge in [0.15, 0.2) is 5.82 Å². The largest absolute Gasteiger partial charge is 0.465 e. The number of fused-ring (bicyclic) bond motifs is 3. The maximum Gasteiger partial charge on any atom is 0.404 e. The number of amides is 1. The molecule has 0 aliphatic heterocycles. The van der Waals surface area contributed by atoms with E-state index in [-0.39, 0.29) is 27.4 Å². The molecule has 24 heavy (non-hydrogen) atoms. The molecule has 2 aromatic heterocycles. The molecule has 3 aromatic rings. The predicted molar refractivity (Wildman–Crippen MR) is 93.3 cm³/mol. The molecule has 1 amide bonds. The van der Waals surface area contributed by atoms with Crippen LogP contribution in [0, 0.1) is 5.82 Å². The maximum absolute atomic E-state index is 14.4. The summed E-state index contributed by atoms with van der Waals surface area (Å²) in [7, 11) is 0. The Bertz CT molecular complexity index is 963. The molecule has 1 aromatic carbocycles. The first kappa shape index (κ1) is 17.2. The van der Waals surface area contributed by atoms with E-state index in [0.29, 0.717) is 28.8 Å². The zero-order chi connectivity index (χ0) is 17.4. The third-order valence-corrected chi connectivity index (χ3v) is 5.05. The molecule has 6 nitrogen and oxygen atoms in total. The van der Waals surface area contributed by atoms with E-state index in [1.165, 1.54) is 6.20 Å². The summed E-state index contributed by atoms with van der Waals surface area (Å²) < 4.78 is 16.3. The predicted octanol–water partition coefficient (Wildman–Crippen LogP) is 4.15. The fourth-order valence-corrected chi connectivity index (χ4v) is 3.23. The van der Waals surface area contributed by atoms with Gasteiger partial charge in [-0.05, 0) is 22.0 Å². The van der Waals surface area contributed by atoms with Gasteiger partial charge in [0.05, 0.1) is 27.1 Å².